The standard InChI is InChI=1S/C21H27.Au/c1-20(2,3)19(21(4,5)6)18-15-11-10-14-17(18)16-12-8-7-9-13-16;/h7-15H,1-6H3;/q-1;+1. The first kappa shape index (κ1) is 19.1. The van der Waals surface area contributed by atoms with E-state index in [0.717, 1.165) is 0 Å². The van der Waals surface area contributed by atoms with Gasteiger partial charge in [-0.2, -0.15) is 17.5 Å². The molecule has 2 aromatic carbocycles. The molecule has 0 heterocycles. The molecule has 2 rings (SSSR count). The normalized spacial score (nSPS) is 11.7. The fourth-order valence-corrected chi connectivity index (χ4v) is 3.50. The van der Waals surface area contributed by atoms with Gasteiger partial charge in [0, 0.05) is 0 Å². The van der Waals surface area contributed by atoms with Crippen LogP contribution in [0.15, 0.2) is 54.6 Å². The van der Waals surface area contributed by atoms with Crippen molar-refractivity contribution in [2.45, 2.75) is 41.5 Å². The molecule has 0 radical (unpaired) electrons. The van der Waals surface area contributed by atoms with E-state index in [2.05, 4.69) is 96.1 Å². The summed E-state index contributed by atoms with van der Waals surface area (Å²) in [6.07, 6.45) is 0. The molecule has 0 nitrogen and oxygen atoms in total. The van der Waals surface area contributed by atoms with Crippen LogP contribution in [0.25, 0.3) is 11.1 Å². The molecule has 0 unspecified atom stereocenters. The van der Waals surface area contributed by atoms with E-state index in [9.17, 15) is 0 Å². The van der Waals surface area contributed by atoms with E-state index >= 15 is 0 Å². The predicted molar refractivity (Wildman–Crippen MR) is 93.1 cm³/mol. The van der Waals surface area contributed by atoms with Gasteiger partial charge in [0.2, 0.25) is 0 Å². The Hall–Kier alpha value is -0.950. The number of hydrogen-bond donors (Lipinski definition) is 0. The second-order valence-corrected chi connectivity index (χ2v) is 7.79. The van der Waals surface area contributed by atoms with Crippen LogP contribution in [0.4, 0.5) is 0 Å². The fraction of sp³-hybridized carbons (Fsp3) is 0.381. The fourth-order valence-electron chi connectivity index (χ4n) is 3.50. The summed E-state index contributed by atoms with van der Waals surface area (Å²) >= 11 is 0. The summed E-state index contributed by atoms with van der Waals surface area (Å²) in [5.74, 6) is 1.51. The average molecular weight is 476 g/mol. The van der Waals surface area contributed by atoms with E-state index in [0.29, 0.717) is 0 Å². The first-order valence-corrected chi connectivity index (χ1v) is 7.74. The van der Waals surface area contributed by atoms with Crippen molar-refractivity contribution in [1.82, 2.24) is 0 Å². The molecule has 1 heteroatoms. The molecule has 0 aliphatic carbocycles. The Bertz CT molecular complexity index is 571. The van der Waals surface area contributed by atoms with Gasteiger partial charge in [-0.1, -0.05) is 94.3 Å². The molecule has 22 heavy (non-hydrogen) atoms. The minimum absolute atomic E-state index is 0. The summed E-state index contributed by atoms with van der Waals surface area (Å²) in [5, 5.41) is 0. The van der Waals surface area contributed by atoms with Crippen LogP contribution >= 0.6 is 0 Å². The second-order valence-electron chi connectivity index (χ2n) is 7.79. The summed E-state index contributed by atoms with van der Waals surface area (Å²) in [5.41, 5.74) is 4.28. The SMILES string of the molecule is CC(C)(C)[C-](c1ccccc1-c1ccccc1)C(C)(C)C.[Au+]. The zero-order valence-corrected chi connectivity index (χ0v) is 16.7. The van der Waals surface area contributed by atoms with Gasteiger partial charge in [0.25, 0.3) is 0 Å². The largest absolute Gasteiger partial charge is 1.00 e. The van der Waals surface area contributed by atoms with Gasteiger partial charge in [-0.3, -0.25) is 0 Å². The Kier molecular flexibility index (Phi) is 6.15. The molecule has 0 amide bonds. The van der Waals surface area contributed by atoms with Gasteiger partial charge in [0.05, 0.1) is 0 Å². The van der Waals surface area contributed by atoms with Gasteiger partial charge < -0.3 is 0 Å². The Morgan fingerprint density at radius 2 is 1.09 bits per heavy atom. The van der Waals surface area contributed by atoms with Crippen LogP contribution in [-0.2, 0) is 22.4 Å². The van der Waals surface area contributed by atoms with E-state index in [1.54, 1.807) is 0 Å². The van der Waals surface area contributed by atoms with E-state index in [-0.39, 0.29) is 33.2 Å². The summed E-state index contributed by atoms with van der Waals surface area (Å²) in [4.78, 5) is 0. The summed E-state index contributed by atoms with van der Waals surface area (Å²) in [7, 11) is 0. The molecule has 0 spiro atoms. The number of benzene rings is 2. The van der Waals surface area contributed by atoms with Crippen LogP contribution in [-0.4, -0.2) is 0 Å². The molecule has 0 saturated heterocycles. The van der Waals surface area contributed by atoms with Crippen molar-refractivity contribution in [2.75, 3.05) is 0 Å². The quantitative estimate of drug-likeness (QED) is 0.349. The van der Waals surface area contributed by atoms with Gasteiger partial charge >= 0.3 is 22.4 Å². The van der Waals surface area contributed by atoms with Crippen LogP contribution in [0.2, 0.25) is 0 Å². The van der Waals surface area contributed by atoms with Crippen LogP contribution in [0.3, 0.4) is 0 Å². The molecule has 2 aromatic rings. The number of rotatable bonds is 2. The van der Waals surface area contributed by atoms with Crippen molar-refractivity contribution < 1.29 is 22.4 Å². The van der Waals surface area contributed by atoms with E-state index in [1.807, 2.05) is 0 Å². The van der Waals surface area contributed by atoms with Crippen molar-refractivity contribution in [3.8, 4) is 11.1 Å². The third-order valence-corrected chi connectivity index (χ3v) is 3.78. The molecular weight excluding hydrogens is 449 g/mol. The summed E-state index contributed by atoms with van der Waals surface area (Å²) in [6, 6.07) is 19.5. The third kappa shape index (κ3) is 4.29. The minimum atomic E-state index is 0. The third-order valence-electron chi connectivity index (χ3n) is 3.78. The summed E-state index contributed by atoms with van der Waals surface area (Å²) in [6.45, 7) is 13.9. The molecule has 0 aliphatic heterocycles. The smallest absolute Gasteiger partial charge is 0.180 e. The molecule has 0 aliphatic rings. The Labute approximate surface area is 151 Å². The van der Waals surface area contributed by atoms with Crippen LogP contribution in [0.5, 0.6) is 0 Å². The maximum absolute atomic E-state index is 2.31. The van der Waals surface area contributed by atoms with E-state index in [1.165, 1.54) is 22.6 Å². The first-order chi connectivity index (χ1) is 9.71. The molecule has 0 N–H and O–H groups in total. The van der Waals surface area contributed by atoms with Crippen LogP contribution < -0.4 is 0 Å². The van der Waals surface area contributed by atoms with Gasteiger partial charge in [-0.25, -0.2) is 0 Å². The molecule has 122 valence electrons. The van der Waals surface area contributed by atoms with Crippen molar-refractivity contribution in [2.24, 2.45) is 10.8 Å². The van der Waals surface area contributed by atoms with Crippen molar-refractivity contribution >= 4 is 0 Å². The zero-order chi connectivity index (χ0) is 15.7. The Morgan fingerprint density at radius 1 is 0.636 bits per heavy atom. The average Bonchev–Trinajstić information content (AvgIpc) is 2.37. The van der Waals surface area contributed by atoms with Gasteiger partial charge in [-0.05, 0) is 0 Å². The van der Waals surface area contributed by atoms with Gasteiger partial charge in [0.15, 0.2) is 0 Å². The molecule has 0 aromatic heterocycles. The van der Waals surface area contributed by atoms with E-state index in [4.69, 9.17) is 0 Å². The second kappa shape index (κ2) is 7.08. The number of hydrogen-bond acceptors (Lipinski definition) is 0. The zero-order valence-electron chi connectivity index (χ0n) is 14.5. The predicted octanol–water partition coefficient (Wildman–Crippen LogP) is 6.37. The maximum Gasteiger partial charge on any atom is 1.00 e. The molecular formula is C21H27Au. The Balaban J connectivity index is 0.00000242. The summed E-state index contributed by atoms with van der Waals surface area (Å²) < 4.78 is 0. The first-order valence-electron chi connectivity index (χ1n) is 7.74. The maximum atomic E-state index is 2.31. The molecule has 0 atom stereocenters. The van der Waals surface area contributed by atoms with Crippen molar-refractivity contribution in [1.29, 1.82) is 0 Å². The molecule has 0 saturated carbocycles. The Morgan fingerprint density at radius 3 is 1.59 bits per heavy atom. The van der Waals surface area contributed by atoms with Crippen LogP contribution in [0, 0.1) is 16.7 Å². The monoisotopic (exact) mass is 476 g/mol. The van der Waals surface area contributed by atoms with Crippen LogP contribution in [0.1, 0.15) is 47.1 Å². The molecule has 0 bridgehead atoms. The van der Waals surface area contributed by atoms with E-state index < -0.39 is 0 Å². The van der Waals surface area contributed by atoms with Gasteiger partial charge in [0.1, 0.15) is 0 Å². The van der Waals surface area contributed by atoms with Crippen molar-refractivity contribution in [3.05, 3.63) is 66.1 Å². The topological polar surface area (TPSA) is 0 Å². The van der Waals surface area contributed by atoms with Gasteiger partial charge in [-0.15, -0.1) is 17.7 Å². The minimum Gasteiger partial charge on any atom is -0.180 e. The van der Waals surface area contributed by atoms with Crippen molar-refractivity contribution in [3.63, 3.8) is 0 Å². The molecule has 0 fully saturated rings.